The van der Waals surface area contributed by atoms with E-state index >= 15 is 0 Å². The SMILES string of the molecule is Nc1ncc(CN(CCO)C2CCCSC2)s1. The van der Waals surface area contributed by atoms with Crippen LogP contribution in [0, 0.1) is 0 Å². The second-order valence-electron chi connectivity index (χ2n) is 4.23. The third kappa shape index (κ3) is 3.84. The van der Waals surface area contributed by atoms with Gasteiger partial charge in [-0.2, -0.15) is 11.8 Å². The van der Waals surface area contributed by atoms with Gasteiger partial charge in [0, 0.05) is 36.0 Å². The zero-order valence-electron chi connectivity index (χ0n) is 9.84. The van der Waals surface area contributed by atoms with Crippen molar-refractivity contribution in [1.82, 2.24) is 9.88 Å². The number of nitrogens with zero attached hydrogens (tertiary/aromatic N) is 2. The van der Waals surface area contributed by atoms with Gasteiger partial charge in [0.1, 0.15) is 0 Å². The summed E-state index contributed by atoms with van der Waals surface area (Å²) in [6.07, 6.45) is 4.36. The minimum Gasteiger partial charge on any atom is -0.395 e. The van der Waals surface area contributed by atoms with Crippen LogP contribution in [0.2, 0.25) is 0 Å². The Balaban J connectivity index is 1.95. The Labute approximate surface area is 110 Å². The summed E-state index contributed by atoms with van der Waals surface area (Å²) in [4.78, 5) is 7.62. The molecule has 1 fully saturated rings. The van der Waals surface area contributed by atoms with Crippen molar-refractivity contribution in [2.24, 2.45) is 0 Å². The lowest BCUT2D eigenvalue weighted by Gasteiger charge is -2.33. The number of aliphatic hydroxyl groups is 1. The summed E-state index contributed by atoms with van der Waals surface area (Å²) in [6.45, 7) is 1.82. The number of aromatic nitrogens is 1. The second-order valence-corrected chi connectivity index (χ2v) is 6.53. The molecule has 1 atom stereocenters. The lowest BCUT2D eigenvalue weighted by atomic mass is 10.1. The average Bonchev–Trinajstić information content (AvgIpc) is 2.75. The summed E-state index contributed by atoms with van der Waals surface area (Å²) in [5.41, 5.74) is 5.64. The first-order valence-electron chi connectivity index (χ1n) is 5.92. The molecule has 4 nitrogen and oxygen atoms in total. The van der Waals surface area contributed by atoms with E-state index in [1.807, 2.05) is 18.0 Å². The van der Waals surface area contributed by atoms with Crippen LogP contribution in [0.3, 0.4) is 0 Å². The Morgan fingerprint density at radius 1 is 1.59 bits per heavy atom. The van der Waals surface area contributed by atoms with Crippen LogP contribution in [0.25, 0.3) is 0 Å². The number of nitrogen functional groups attached to an aromatic ring is 1. The molecule has 6 heteroatoms. The van der Waals surface area contributed by atoms with E-state index in [9.17, 15) is 0 Å². The lowest BCUT2D eigenvalue weighted by Crippen LogP contribution is -2.40. The molecule has 1 saturated heterocycles. The molecule has 0 spiro atoms. The quantitative estimate of drug-likeness (QED) is 0.849. The van der Waals surface area contributed by atoms with Crippen LogP contribution in [-0.4, -0.2) is 45.7 Å². The maximum Gasteiger partial charge on any atom is 0.180 e. The van der Waals surface area contributed by atoms with Crippen molar-refractivity contribution in [2.45, 2.75) is 25.4 Å². The van der Waals surface area contributed by atoms with Crippen LogP contribution in [0.1, 0.15) is 17.7 Å². The van der Waals surface area contributed by atoms with Crippen molar-refractivity contribution in [3.8, 4) is 0 Å². The Kier molecular flexibility index (Phi) is 5.09. The molecule has 2 heterocycles. The number of anilines is 1. The Bertz CT molecular complexity index is 339. The number of rotatable bonds is 5. The van der Waals surface area contributed by atoms with E-state index in [1.165, 1.54) is 29.2 Å². The fraction of sp³-hybridized carbons (Fsp3) is 0.727. The molecule has 1 aliphatic heterocycles. The third-order valence-electron chi connectivity index (χ3n) is 2.97. The number of thioether (sulfide) groups is 1. The molecule has 3 N–H and O–H groups in total. The standard InChI is InChI=1S/C11H19N3OS2/c12-11-13-6-10(17-11)7-14(3-4-15)9-2-1-5-16-8-9/h6,9,15H,1-5,7-8H2,(H2,12,13). The molecule has 0 saturated carbocycles. The first-order chi connectivity index (χ1) is 8.29. The predicted molar refractivity (Wildman–Crippen MR) is 74.4 cm³/mol. The van der Waals surface area contributed by atoms with Crippen LogP contribution in [0.15, 0.2) is 6.20 Å². The van der Waals surface area contributed by atoms with Gasteiger partial charge in [-0.05, 0) is 18.6 Å². The van der Waals surface area contributed by atoms with Gasteiger partial charge in [0.25, 0.3) is 0 Å². The molecule has 1 unspecified atom stereocenters. The molecule has 0 amide bonds. The molecular formula is C11H19N3OS2. The highest BCUT2D eigenvalue weighted by Crippen LogP contribution is 2.24. The molecule has 0 radical (unpaired) electrons. The van der Waals surface area contributed by atoms with E-state index in [4.69, 9.17) is 10.8 Å². The van der Waals surface area contributed by atoms with E-state index in [0.717, 1.165) is 13.1 Å². The van der Waals surface area contributed by atoms with Gasteiger partial charge >= 0.3 is 0 Å². The van der Waals surface area contributed by atoms with Gasteiger partial charge in [-0.1, -0.05) is 0 Å². The second kappa shape index (κ2) is 6.58. The van der Waals surface area contributed by atoms with E-state index in [-0.39, 0.29) is 6.61 Å². The largest absolute Gasteiger partial charge is 0.395 e. The van der Waals surface area contributed by atoms with Gasteiger partial charge in [-0.25, -0.2) is 4.98 Å². The monoisotopic (exact) mass is 273 g/mol. The van der Waals surface area contributed by atoms with Crippen molar-refractivity contribution >= 4 is 28.2 Å². The van der Waals surface area contributed by atoms with Gasteiger partial charge in [0.15, 0.2) is 5.13 Å². The summed E-state index contributed by atoms with van der Waals surface area (Å²) in [7, 11) is 0. The minimum absolute atomic E-state index is 0.218. The molecule has 1 aromatic rings. The molecule has 1 aliphatic rings. The first kappa shape index (κ1) is 13.1. The van der Waals surface area contributed by atoms with Crippen molar-refractivity contribution in [1.29, 1.82) is 0 Å². The number of nitrogens with two attached hydrogens (primary N) is 1. The third-order valence-corrected chi connectivity index (χ3v) is 4.98. The van der Waals surface area contributed by atoms with Gasteiger partial charge in [-0.15, -0.1) is 11.3 Å². The van der Waals surface area contributed by atoms with E-state index in [0.29, 0.717) is 11.2 Å². The highest BCUT2D eigenvalue weighted by Gasteiger charge is 2.21. The lowest BCUT2D eigenvalue weighted by molar-refractivity contribution is 0.147. The predicted octanol–water partition coefficient (Wildman–Crippen LogP) is 1.42. The maximum atomic E-state index is 9.17. The highest BCUT2D eigenvalue weighted by molar-refractivity contribution is 7.99. The van der Waals surface area contributed by atoms with Crippen molar-refractivity contribution in [3.05, 3.63) is 11.1 Å². The molecule has 1 aromatic heterocycles. The van der Waals surface area contributed by atoms with E-state index in [1.54, 1.807) is 11.3 Å². The summed E-state index contributed by atoms with van der Waals surface area (Å²) >= 11 is 3.56. The van der Waals surface area contributed by atoms with E-state index < -0.39 is 0 Å². The molecule has 0 aromatic carbocycles. The number of hydrogen-bond donors (Lipinski definition) is 2. The number of aliphatic hydroxyl groups excluding tert-OH is 1. The fourth-order valence-corrected chi connectivity index (χ4v) is 4.02. The summed E-state index contributed by atoms with van der Waals surface area (Å²) in [5.74, 6) is 2.45. The summed E-state index contributed by atoms with van der Waals surface area (Å²) < 4.78 is 0. The van der Waals surface area contributed by atoms with Crippen molar-refractivity contribution < 1.29 is 5.11 Å². The molecule has 2 rings (SSSR count). The smallest absolute Gasteiger partial charge is 0.180 e. The Morgan fingerprint density at radius 2 is 2.47 bits per heavy atom. The van der Waals surface area contributed by atoms with Crippen molar-refractivity contribution in [2.75, 3.05) is 30.4 Å². The van der Waals surface area contributed by atoms with Gasteiger partial charge in [-0.3, -0.25) is 4.90 Å². The molecular weight excluding hydrogens is 254 g/mol. The number of thiazole rings is 1. The molecule has 96 valence electrons. The van der Waals surface area contributed by atoms with Crippen LogP contribution >= 0.6 is 23.1 Å². The first-order valence-corrected chi connectivity index (χ1v) is 7.89. The van der Waals surface area contributed by atoms with Gasteiger partial charge < -0.3 is 10.8 Å². The summed E-state index contributed by atoms with van der Waals surface area (Å²) in [5, 5.41) is 9.79. The molecule has 0 bridgehead atoms. The normalized spacial score (nSPS) is 20.9. The zero-order chi connectivity index (χ0) is 12.1. The van der Waals surface area contributed by atoms with Crippen LogP contribution < -0.4 is 5.73 Å². The van der Waals surface area contributed by atoms with E-state index in [2.05, 4.69) is 9.88 Å². The van der Waals surface area contributed by atoms with Crippen LogP contribution in [0.4, 0.5) is 5.13 Å². The maximum absolute atomic E-state index is 9.17. The molecule has 0 aliphatic carbocycles. The zero-order valence-corrected chi connectivity index (χ0v) is 11.5. The minimum atomic E-state index is 0.218. The van der Waals surface area contributed by atoms with Gasteiger partial charge in [0.2, 0.25) is 0 Å². The number of hydrogen-bond acceptors (Lipinski definition) is 6. The van der Waals surface area contributed by atoms with Gasteiger partial charge in [0.05, 0.1) is 6.61 Å². The summed E-state index contributed by atoms with van der Waals surface area (Å²) in [6, 6.07) is 0.587. The van der Waals surface area contributed by atoms with Crippen LogP contribution in [-0.2, 0) is 6.54 Å². The Morgan fingerprint density at radius 3 is 3.06 bits per heavy atom. The Hall–Kier alpha value is -0.300. The average molecular weight is 273 g/mol. The highest BCUT2D eigenvalue weighted by atomic mass is 32.2. The van der Waals surface area contributed by atoms with Crippen molar-refractivity contribution in [3.63, 3.8) is 0 Å². The molecule has 17 heavy (non-hydrogen) atoms. The topological polar surface area (TPSA) is 62.4 Å². The fourth-order valence-electron chi connectivity index (χ4n) is 2.13. The van der Waals surface area contributed by atoms with Crippen LogP contribution in [0.5, 0.6) is 0 Å².